The molecule has 2 amide bonds. The van der Waals surface area contributed by atoms with E-state index in [0.717, 1.165) is 11.3 Å². The number of nitrogens with one attached hydrogen (secondary N) is 1. The second kappa shape index (κ2) is 7.54. The number of halogens is 1. The van der Waals surface area contributed by atoms with E-state index in [1.165, 1.54) is 0 Å². The Balaban J connectivity index is 1.64. The van der Waals surface area contributed by atoms with Crippen LogP contribution in [0.1, 0.15) is 53.6 Å². The Kier molecular flexibility index (Phi) is 5.37. The van der Waals surface area contributed by atoms with Crippen molar-refractivity contribution >= 4 is 23.4 Å². The zero-order chi connectivity index (χ0) is 18.8. The molecule has 6 heteroatoms. The molecule has 138 valence electrons. The van der Waals surface area contributed by atoms with Crippen LogP contribution in [0.2, 0.25) is 5.02 Å². The van der Waals surface area contributed by atoms with Crippen molar-refractivity contribution in [3.8, 4) is 0 Å². The van der Waals surface area contributed by atoms with Gasteiger partial charge in [0.15, 0.2) is 0 Å². The summed E-state index contributed by atoms with van der Waals surface area (Å²) in [5.74, 6) is 1.42. The molecule has 5 nitrogen and oxygen atoms in total. The number of amides is 2. The molecule has 1 aliphatic rings. The molecule has 0 spiro atoms. The SMILES string of the molecule is Cc1oc(C(C)C)cc1C(=O)NC1CC(=O)N(Cc2ccccc2Cl)C1. The summed E-state index contributed by atoms with van der Waals surface area (Å²) in [5, 5.41) is 3.60. The molecule has 1 aromatic heterocycles. The van der Waals surface area contributed by atoms with Gasteiger partial charge in [-0.15, -0.1) is 0 Å². The maximum atomic E-state index is 12.6. The molecule has 1 atom stereocenters. The minimum Gasteiger partial charge on any atom is -0.465 e. The lowest BCUT2D eigenvalue weighted by Crippen LogP contribution is -2.37. The maximum Gasteiger partial charge on any atom is 0.255 e. The molecule has 26 heavy (non-hydrogen) atoms. The van der Waals surface area contributed by atoms with Crippen LogP contribution in [0.4, 0.5) is 0 Å². The molecule has 1 aliphatic heterocycles. The summed E-state index contributed by atoms with van der Waals surface area (Å²) in [5.41, 5.74) is 1.44. The smallest absolute Gasteiger partial charge is 0.255 e. The van der Waals surface area contributed by atoms with Crippen molar-refractivity contribution in [3.05, 3.63) is 58.0 Å². The van der Waals surface area contributed by atoms with Gasteiger partial charge in [-0.2, -0.15) is 0 Å². The Morgan fingerprint density at radius 1 is 1.38 bits per heavy atom. The van der Waals surface area contributed by atoms with Gasteiger partial charge in [0.25, 0.3) is 5.91 Å². The highest BCUT2D eigenvalue weighted by Gasteiger charge is 2.31. The third-order valence-corrected chi connectivity index (χ3v) is 4.99. The monoisotopic (exact) mass is 374 g/mol. The highest BCUT2D eigenvalue weighted by molar-refractivity contribution is 6.31. The Labute approximate surface area is 158 Å². The number of benzene rings is 1. The van der Waals surface area contributed by atoms with Crippen molar-refractivity contribution in [1.29, 1.82) is 0 Å². The predicted molar refractivity (Wildman–Crippen MR) is 100 cm³/mol. The van der Waals surface area contributed by atoms with Crippen LogP contribution in [0.15, 0.2) is 34.7 Å². The van der Waals surface area contributed by atoms with Crippen molar-refractivity contribution < 1.29 is 14.0 Å². The predicted octanol–water partition coefficient (Wildman–Crippen LogP) is 3.90. The van der Waals surface area contributed by atoms with Crippen LogP contribution >= 0.6 is 11.6 Å². The van der Waals surface area contributed by atoms with Crippen molar-refractivity contribution in [2.75, 3.05) is 6.54 Å². The highest BCUT2D eigenvalue weighted by Crippen LogP contribution is 2.23. The molecule has 2 heterocycles. The maximum absolute atomic E-state index is 12.6. The molecule has 1 N–H and O–H groups in total. The third-order valence-electron chi connectivity index (χ3n) is 4.62. The lowest BCUT2D eigenvalue weighted by atomic mass is 10.1. The normalized spacial score (nSPS) is 17.2. The summed E-state index contributed by atoms with van der Waals surface area (Å²) >= 11 is 6.18. The van der Waals surface area contributed by atoms with Crippen LogP contribution < -0.4 is 5.32 Å². The summed E-state index contributed by atoms with van der Waals surface area (Å²) in [6.07, 6.45) is 0.296. The summed E-state index contributed by atoms with van der Waals surface area (Å²) in [4.78, 5) is 26.6. The zero-order valence-electron chi connectivity index (χ0n) is 15.2. The highest BCUT2D eigenvalue weighted by atomic mass is 35.5. The van der Waals surface area contributed by atoms with Crippen molar-refractivity contribution in [2.45, 2.75) is 45.7 Å². The average molecular weight is 375 g/mol. The largest absolute Gasteiger partial charge is 0.465 e. The second-order valence-corrected chi connectivity index (χ2v) is 7.42. The lowest BCUT2D eigenvalue weighted by Gasteiger charge is -2.18. The van der Waals surface area contributed by atoms with Gasteiger partial charge in [-0.3, -0.25) is 9.59 Å². The van der Waals surface area contributed by atoms with Crippen LogP contribution in [0, 0.1) is 6.92 Å². The first-order chi connectivity index (χ1) is 12.3. The minimum absolute atomic E-state index is 0.0157. The van der Waals surface area contributed by atoms with Gasteiger partial charge in [-0.05, 0) is 24.6 Å². The molecule has 1 unspecified atom stereocenters. The number of rotatable bonds is 5. The zero-order valence-corrected chi connectivity index (χ0v) is 16.0. The van der Waals surface area contributed by atoms with Crippen LogP contribution in [-0.2, 0) is 11.3 Å². The van der Waals surface area contributed by atoms with Gasteiger partial charge in [0.1, 0.15) is 11.5 Å². The van der Waals surface area contributed by atoms with E-state index >= 15 is 0 Å². The second-order valence-electron chi connectivity index (χ2n) is 7.01. The molecule has 3 rings (SSSR count). The lowest BCUT2D eigenvalue weighted by molar-refractivity contribution is -0.128. The Hall–Kier alpha value is -2.27. The van der Waals surface area contributed by atoms with E-state index in [9.17, 15) is 9.59 Å². The van der Waals surface area contributed by atoms with Gasteiger partial charge in [0.2, 0.25) is 5.91 Å². The summed E-state index contributed by atoms with van der Waals surface area (Å²) < 4.78 is 5.64. The summed E-state index contributed by atoms with van der Waals surface area (Å²) in [6.45, 7) is 6.74. The number of hydrogen-bond acceptors (Lipinski definition) is 3. The van der Waals surface area contributed by atoms with Gasteiger partial charge in [-0.25, -0.2) is 0 Å². The molecule has 1 fully saturated rings. The Morgan fingerprint density at radius 3 is 2.77 bits per heavy atom. The topological polar surface area (TPSA) is 62.6 Å². The van der Waals surface area contributed by atoms with E-state index in [1.807, 2.05) is 38.1 Å². The van der Waals surface area contributed by atoms with Gasteiger partial charge in [0, 0.05) is 30.5 Å². The van der Waals surface area contributed by atoms with E-state index < -0.39 is 0 Å². The third kappa shape index (κ3) is 3.93. The van der Waals surface area contributed by atoms with E-state index in [4.69, 9.17) is 16.0 Å². The van der Waals surface area contributed by atoms with E-state index in [2.05, 4.69) is 5.32 Å². The molecule has 1 aromatic carbocycles. The number of furan rings is 1. The number of carbonyl (C=O) groups is 2. The van der Waals surface area contributed by atoms with E-state index in [0.29, 0.717) is 35.9 Å². The number of aryl methyl sites for hydroxylation is 1. The molecular weight excluding hydrogens is 352 g/mol. The number of carbonyl (C=O) groups excluding carboxylic acids is 2. The fourth-order valence-corrected chi connectivity index (χ4v) is 3.33. The molecule has 2 aromatic rings. The fourth-order valence-electron chi connectivity index (χ4n) is 3.13. The van der Waals surface area contributed by atoms with Gasteiger partial charge >= 0.3 is 0 Å². The quantitative estimate of drug-likeness (QED) is 0.863. The van der Waals surface area contributed by atoms with E-state index in [1.54, 1.807) is 17.9 Å². The van der Waals surface area contributed by atoms with E-state index in [-0.39, 0.29) is 23.8 Å². The Morgan fingerprint density at radius 2 is 2.12 bits per heavy atom. The number of hydrogen-bond donors (Lipinski definition) is 1. The van der Waals surface area contributed by atoms with Crippen molar-refractivity contribution in [3.63, 3.8) is 0 Å². The van der Waals surface area contributed by atoms with Gasteiger partial charge in [0.05, 0.1) is 11.6 Å². The average Bonchev–Trinajstić information content (AvgIpc) is 3.13. The first-order valence-corrected chi connectivity index (χ1v) is 9.15. The summed E-state index contributed by atoms with van der Waals surface area (Å²) in [7, 11) is 0. The Bertz CT molecular complexity index is 828. The number of nitrogens with zero attached hydrogens (tertiary/aromatic N) is 1. The molecule has 1 saturated heterocycles. The number of likely N-dealkylation sites (tertiary alicyclic amines) is 1. The molecule has 0 bridgehead atoms. The summed E-state index contributed by atoms with van der Waals surface area (Å²) in [6, 6.07) is 9.05. The fraction of sp³-hybridized carbons (Fsp3) is 0.400. The molecule has 0 radical (unpaired) electrons. The van der Waals surface area contributed by atoms with Crippen LogP contribution in [0.25, 0.3) is 0 Å². The molecule has 0 saturated carbocycles. The minimum atomic E-state index is -0.214. The van der Waals surface area contributed by atoms with Crippen molar-refractivity contribution in [2.24, 2.45) is 0 Å². The van der Waals surface area contributed by atoms with Gasteiger partial charge in [-0.1, -0.05) is 43.6 Å². The first kappa shape index (κ1) is 18.5. The van der Waals surface area contributed by atoms with Gasteiger partial charge < -0.3 is 14.6 Å². The molecular formula is C20H23ClN2O3. The van der Waals surface area contributed by atoms with Crippen LogP contribution in [0.3, 0.4) is 0 Å². The van der Waals surface area contributed by atoms with Crippen LogP contribution in [-0.4, -0.2) is 29.3 Å². The van der Waals surface area contributed by atoms with Crippen LogP contribution in [0.5, 0.6) is 0 Å². The standard InChI is InChI=1S/C20H23ClN2O3/c1-12(2)18-9-16(13(3)26-18)20(25)22-15-8-19(24)23(11-15)10-14-6-4-5-7-17(14)21/h4-7,9,12,15H,8,10-11H2,1-3H3,(H,22,25). The first-order valence-electron chi connectivity index (χ1n) is 8.77. The molecule has 0 aliphatic carbocycles. The van der Waals surface area contributed by atoms with Crippen molar-refractivity contribution in [1.82, 2.24) is 10.2 Å².